The largest absolute Gasteiger partial charge is 0.319 e. The van der Waals surface area contributed by atoms with E-state index in [1.807, 2.05) is 25.5 Å². The van der Waals surface area contributed by atoms with Crippen LogP contribution in [0.5, 0.6) is 0 Å². The van der Waals surface area contributed by atoms with E-state index in [0.717, 1.165) is 10.9 Å². The standard InChI is InChI=1S/C32H25OP/c1-34(2,33)26-13-9-12-24(21-26)31-27-14-5-7-16-29(27)32(30-17-8-6-15-28(30)31)25-19-18-22-10-3-4-11-23(22)20-25/h3-21H,1-2H3. The summed E-state index contributed by atoms with van der Waals surface area (Å²) in [6.45, 7) is 3.68. The zero-order chi connectivity index (χ0) is 23.3. The second kappa shape index (κ2) is 7.97. The van der Waals surface area contributed by atoms with Gasteiger partial charge < -0.3 is 4.57 Å². The van der Waals surface area contributed by atoms with Gasteiger partial charge in [-0.05, 0) is 80.0 Å². The molecule has 6 aromatic carbocycles. The first-order chi connectivity index (χ1) is 16.5. The molecule has 0 amide bonds. The van der Waals surface area contributed by atoms with Crippen molar-refractivity contribution in [3.8, 4) is 22.3 Å². The summed E-state index contributed by atoms with van der Waals surface area (Å²) >= 11 is 0. The lowest BCUT2D eigenvalue weighted by Gasteiger charge is -2.18. The molecule has 0 bridgehead atoms. The van der Waals surface area contributed by atoms with Gasteiger partial charge in [-0.15, -0.1) is 0 Å². The monoisotopic (exact) mass is 456 g/mol. The van der Waals surface area contributed by atoms with Crippen molar-refractivity contribution < 1.29 is 4.57 Å². The summed E-state index contributed by atoms with van der Waals surface area (Å²) in [5, 5.41) is 8.29. The quantitative estimate of drug-likeness (QED) is 0.192. The van der Waals surface area contributed by atoms with Crippen LogP contribution in [-0.4, -0.2) is 13.3 Å². The van der Waals surface area contributed by atoms with Gasteiger partial charge in [0.05, 0.1) is 0 Å². The summed E-state index contributed by atoms with van der Waals surface area (Å²) in [6.07, 6.45) is 0. The maximum Gasteiger partial charge on any atom is 0.109 e. The molecule has 0 aromatic heterocycles. The fourth-order valence-electron chi connectivity index (χ4n) is 5.09. The van der Waals surface area contributed by atoms with E-state index in [-0.39, 0.29) is 0 Å². The van der Waals surface area contributed by atoms with Crippen LogP contribution < -0.4 is 5.30 Å². The first kappa shape index (κ1) is 20.9. The molecule has 0 heterocycles. The third-order valence-electron chi connectivity index (χ3n) is 6.73. The third-order valence-corrected chi connectivity index (χ3v) is 8.25. The highest BCUT2D eigenvalue weighted by atomic mass is 31.2. The first-order valence-corrected chi connectivity index (χ1v) is 14.2. The Hall–Kier alpha value is -3.67. The van der Waals surface area contributed by atoms with Crippen molar-refractivity contribution in [2.75, 3.05) is 13.3 Å². The van der Waals surface area contributed by atoms with Gasteiger partial charge in [0.15, 0.2) is 0 Å². The summed E-state index contributed by atoms with van der Waals surface area (Å²) < 4.78 is 12.9. The van der Waals surface area contributed by atoms with E-state index in [1.165, 1.54) is 49.0 Å². The van der Waals surface area contributed by atoms with Crippen LogP contribution in [-0.2, 0) is 4.57 Å². The highest BCUT2D eigenvalue weighted by Gasteiger charge is 2.18. The molecule has 0 saturated heterocycles. The Morgan fingerprint density at radius 2 is 0.971 bits per heavy atom. The molecule has 2 heteroatoms. The second-order valence-corrected chi connectivity index (χ2v) is 12.5. The molecule has 0 atom stereocenters. The van der Waals surface area contributed by atoms with E-state index in [4.69, 9.17) is 0 Å². The van der Waals surface area contributed by atoms with Crippen LogP contribution in [0.15, 0.2) is 115 Å². The van der Waals surface area contributed by atoms with Crippen LogP contribution in [0.25, 0.3) is 54.6 Å². The van der Waals surface area contributed by atoms with Crippen molar-refractivity contribution >= 4 is 44.8 Å². The first-order valence-electron chi connectivity index (χ1n) is 11.6. The van der Waals surface area contributed by atoms with E-state index in [2.05, 4.69) is 103 Å². The molecule has 34 heavy (non-hydrogen) atoms. The van der Waals surface area contributed by atoms with Crippen LogP contribution >= 0.6 is 7.14 Å². The summed E-state index contributed by atoms with van der Waals surface area (Å²) in [7, 11) is -2.37. The van der Waals surface area contributed by atoms with Gasteiger partial charge >= 0.3 is 0 Å². The maximum atomic E-state index is 12.9. The number of fused-ring (bicyclic) bond motifs is 3. The molecule has 164 valence electrons. The summed E-state index contributed by atoms with van der Waals surface area (Å²) in [4.78, 5) is 0. The lowest BCUT2D eigenvalue weighted by atomic mass is 9.85. The van der Waals surface area contributed by atoms with Gasteiger partial charge in [0.2, 0.25) is 0 Å². The van der Waals surface area contributed by atoms with Crippen LogP contribution in [0.2, 0.25) is 0 Å². The minimum absolute atomic E-state index is 0.914. The lowest BCUT2D eigenvalue weighted by Crippen LogP contribution is -2.02. The molecule has 0 unspecified atom stereocenters. The van der Waals surface area contributed by atoms with E-state index in [0.29, 0.717) is 0 Å². The van der Waals surface area contributed by atoms with E-state index in [1.54, 1.807) is 0 Å². The normalized spacial score (nSPS) is 11.9. The van der Waals surface area contributed by atoms with Crippen molar-refractivity contribution in [3.63, 3.8) is 0 Å². The molecule has 1 nitrogen and oxygen atoms in total. The predicted molar refractivity (Wildman–Crippen MR) is 149 cm³/mol. The molecule has 0 spiro atoms. The van der Waals surface area contributed by atoms with Gasteiger partial charge in [0.1, 0.15) is 7.14 Å². The smallest absolute Gasteiger partial charge is 0.109 e. The van der Waals surface area contributed by atoms with Crippen molar-refractivity contribution in [1.29, 1.82) is 0 Å². The van der Waals surface area contributed by atoms with E-state index < -0.39 is 7.14 Å². The Labute approximate surface area is 200 Å². The highest BCUT2D eigenvalue weighted by molar-refractivity contribution is 7.70. The Balaban J connectivity index is 1.74. The molecule has 6 rings (SSSR count). The molecule has 0 aliphatic rings. The predicted octanol–water partition coefficient (Wildman–Crippen LogP) is 8.73. The van der Waals surface area contributed by atoms with Crippen molar-refractivity contribution in [3.05, 3.63) is 115 Å². The Kier molecular flexibility index (Phi) is 4.90. The van der Waals surface area contributed by atoms with Crippen LogP contribution in [0.1, 0.15) is 0 Å². The molecule has 0 aliphatic heterocycles. The van der Waals surface area contributed by atoms with Crippen molar-refractivity contribution in [2.45, 2.75) is 0 Å². The lowest BCUT2D eigenvalue weighted by molar-refractivity contribution is 0.588. The van der Waals surface area contributed by atoms with Crippen LogP contribution in [0, 0.1) is 0 Å². The molecule has 0 fully saturated rings. The van der Waals surface area contributed by atoms with E-state index in [9.17, 15) is 4.57 Å². The third kappa shape index (κ3) is 3.45. The van der Waals surface area contributed by atoms with Gasteiger partial charge in [0.25, 0.3) is 0 Å². The van der Waals surface area contributed by atoms with E-state index >= 15 is 0 Å². The average Bonchev–Trinajstić information content (AvgIpc) is 2.86. The molecular formula is C32H25OP. The zero-order valence-electron chi connectivity index (χ0n) is 19.3. The number of rotatable bonds is 3. The fourth-order valence-corrected chi connectivity index (χ4v) is 5.99. The Morgan fingerprint density at radius 1 is 0.471 bits per heavy atom. The summed E-state index contributed by atoms with van der Waals surface area (Å²) in [5.74, 6) is 0. The Bertz CT molecular complexity index is 1700. The SMILES string of the molecule is CP(C)(=O)c1cccc(-c2c3ccccc3c(-c3ccc4ccccc4c3)c3ccccc23)c1. The summed E-state index contributed by atoms with van der Waals surface area (Å²) in [6, 6.07) is 40.9. The molecule has 0 N–H and O–H groups in total. The average molecular weight is 457 g/mol. The van der Waals surface area contributed by atoms with Gasteiger partial charge in [-0.25, -0.2) is 0 Å². The minimum Gasteiger partial charge on any atom is -0.319 e. The molecule has 0 saturated carbocycles. The van der Waals surface area contributed by atoms with Gasteiger partial charge in [-0.1, -0.05) is 103 Å². The van der Waals surface area contributed by atoms with Crippen molar-refractivity contribution in [2.24, 2.45) is 0 Å². The maximum absolute atomic E-state index is 12.9. The number of hydrogen-bond donors (Lipinski definition) is 0. The Morgan fingerprint density at radius 3 is 1.53 bits per heavy atom. The topological polar surface area (TPSA) is 17.1 Å². The minimum atomic E-state index is -2.37. The number of benzene rings is 6. The fraction of sp³-hybridized carbons (Fsp3) is 0.0625. The second-order valence-electron chi connectivity index (χ2n) is 9.30. The molecule has 6 aromatic rings. The number of hydrogen-bond acceptors (Lipinski definition) is 1. The zero-order valence-corrected chi connectivity index (χ0v) is 20.2. The molecule has 0 radical (unpaired) electrons. The molecule has 0 aliphatic carbocycles. The van der Waals surface area contributed by atoms with Gasteiger partial charge in [0, 0.05) is 5.30 Å². The summed E-state index contributed by atoms with van der Waals surface area (Å²) in [5.41, 5.74) is 4.79. The molecular weight excluding hydrogens is 431 g/mol. The van der Waals surface area contributed by atoms with Crippen LogP contribution in [0.4, 0.5) is 0 Å². The van der Waals surface area contributed by atoms with Crippen LogP contribution in [0.3, 0.4) is 0 Å². The van der Waals surface area contributed by atoms with Gasteiger partial charge in [-0.2, -0.15) is 0 Å². The van der Waals surface area contributed by atoms with Crippen molar-refractivity contribution in [1.82, 2.24) is 0 Å². The van der Waals surface area contributed by atoms with Gasteiger partial charge in [-0.3, -0.25) is 0 Å². The highest BCUT2D eigenvalue weighted by Crippen LogP contribution is 2.44.